The number of hydrogen-bond donors (Lipinski definition) is 0. The van der Waals surface area contributed by atoms with Gasteiger partial charge in [-0.2, -0.15) is 0 Å². The maximum Gasteiger partial charge on any atom is 0.310 e. The number of hydrogen-bond acceptors (Lipinski definition) is 4. The maximum absolute atomic E-state index is 12.3. The van der Waals surface area contributed by atoms with E-state index in [0.29, 0.717) is 19.7 Å². The molecule has 22 heavy (non-hydrogen) atoms. The Kier molecular flexibility index (Phi) is 5.81. The predicted molar refractivity (Wildman–Crippen MR) is 82.6 cm³/mol. The molecule has 1 aliphatic rings. The second-order valence-electron chi connectivity index (χ2n) is 5.49. The molecule has 5 nitrogen and oxygen atoms in total. The van der Waals surface area contributed by atoms with Crippen molar-refractivity contribution in [3.05, 3.63) is 29.8 Å². The molecule has 120 valence electrons. The Labute approximate surface area is 131 Å². The summed E-state index contributed by atoms with van der Waals surface area (Å²) < 4.78 is 10.6. The van der Waals surface area contributed by atoms with Crippen LogP contribution in [0.1, 0.15) is 25.3 Å². The first-order valence-electron chi connectivity index (χ1n) is 7.74. The van der Waals surface area contributed by atoms with E-state index in [-0.39, 0.29) is 24.4 Å². The van der Waals surface area contributed by atoms with Crippen LogP contribution in [0.4, 0.5) is 0 Å². The third-order valence-electron chi connectivity index (χ3n) is 3.84. The van der Waals surface area contributed by atoms with Gasteiger partial charge in [-0.3, -0.25) is 9.59 Å². The second kappa shape index (κ2) is 7.82. The van der Waals surface area contributed by atoms with E-state index in [2.05, 4.69) is 0 Å². The van der Waals surface area contributed by atoms with Gasteiger partial charge in [-0.25, -0.2) is 0 Å². The Balaban J connectivity index is 1.87. The Hall–Kier alpha value is -2.04. The van der Waals surface area contributed by atoms with Crippen molar-refractivity contribution in [3.8, 4) is 5.75 Å². The molecule has 0 N–H and O–H groups in total. The number of likely N-dealkylation sites (tertiary alicyclic amines) is 1. The number of carbonyl (C=O) groups excluding carboxylic acids is 2. The summed E-state index contributed by atoms with van der Waals surface area (Å²) >= 11 is 0. The fraction of sp³-hybridized carbons (Fsp3) is 0.529. The number of amides is 1. The number of piperidine rings is 1. The summed E-state index contributed by atoms with van der Waals surface area (Å²) in [6, 6.07) is 7.60. The molecule has 2 rings (SSSR count). The topological polar surface area (TPSA) is 55.8 Å². The van der Waals surface area contributed by atoms with Crippen molar-refractivity contribution in [2.45, 2.75) is 26.7 Å². The summed E-state index contributed by atoms with van der Waals surface area (Å²) in [5.41, 5.74) is 0.998. The lowest BCUT2D eigenvalue weighted by Gasteiger charge is -2.31. The summed E-state index contributed by atoms with van der Waals surface area (Å²) in [7, 11) is 0. The van der Waals surface area contributed by atoms with Crippen molar-refractivity contribution in [1.29, 1.82) is 0 Å². The Bertz CT molecular complexity index is 529. The number of ether oxygens (including phenoxy) is 2. The Morgan fingerprint density at radius 3 is 2.82 bits per heavy atom. The van der Waals surface area contributed by atoms with Gasteiger partial charge in [0.2, 0.25) is 0 Å². The molecule has 1 saturated heterocycles. The van der Waals surface area contributed by atoms with Crippen molar-refractivity contribution in [1.82, 2.24) is 4.90 Å². The third kappa shape index (κ3) is 4.23. The fourth-order valence-electron chi connectivity index (χ4n) is 2.61. The van der Waals surface area contributed by atoms with Gasteiger partial charge in [0.1, 0.15) is 5.75 Å². The van der Waals surface area contributed by atoms with E-state index in [1.807, 2.05) is 31.2 Å². The van der Waals surface area contributed by atoms with Gasteiger partial charge in [0.15, 0.2) is 6.61 Å². The summed E-state index contributed by atoms with van der Waals surface area (Å²) in [5, 5.41) is 0. The average molecular weight is 305 g/mol. The van der Waals surface area contributed by atoms with Gasteiger partial charge in [-0.15, -0.1) is 0 Å². The van der Waals surface area contributed by atoms with Crippen molar-refractivity contribution in [2.24, 2.45) is 5.92 Å². The molecule has 1 aromatic rings. The molecule has 0 radical (unpaired) electrons. The molecule has 0 saturated carbocycles. The first-order chi connectivity index (χ1) is 10.6. The van der Waals surface area contributed by atoms with E-state index >= 15 is 0 Å². The zero-order chi connectivity index (χ0) is 15.9. The molecule has 0 unspecified atom stereocenters. The van der Waals surface area contributed by atoms with Gasteiger partial charge in [-0.1, -0.05) is 18.2 Å². The van der Waals surface area contributed by atoms with Gasteiger partial charge in [-0.05, 0) is 38.3 Å². The van der Waals surface area contributed by atoms with E-state index < -0.39 is 0 Å². The zero-order valence-corrected chi connectivity index (χ0v) is 13.2. The van der Waals surface area contributed by atoms with E-state index in [1.165, 1.54) is 0 Å². The average Bonchev–Trinajstić information content (AvgIpc) is 2.54. The van der Waals surface area contributed by atoms with Crippen LogP contribution in [0.5, 0.6) is 5.75 Å². The quantitative estimate of drug-likeness (QED) is 0.782. The van der Waals surface area contributed by atoms with Crippen LogP contribution >= 0.6 is 0 Å². The number of aryl methyl sites for hydroxylation is 1. The molecule has 1 fully saturated rings. The molecule has 0 bridgehead atoms. The standard InChI is InChI=1S/C17H23NO4/c1-3-21-17(20)14-8-6-10-18(11-14)16(19)12-22-15-9-5-4-7-13(15)2/h4-5,7,9,14H,3,6,8,10-12H2,1-2H3/t14-/m0/s1. The minimum absolute atomic E-state index is 0.000396. The van der Waals surface area contributed by atoms with E-state index in [0.717, 1.165) is 24.2 Å². The molecular weight excluding hydrogens is 282 g/mol. The number of rotatable bonds is 5. The summed E-state index contributed by atoms with van der Waals surface area (Å²) in [6.45, 7) is 5.21. The highest BCUT2D eigenvalue weighted by Gasteiger charge is 2.29. The van der Waals surface area contributed by atoms with Gasteiger partial charge in [0, 0.05) is 13.1 Å². The largest absolute Gasteiger partial charge is 0.484 e. The summed E-state index contributed by atoms with van der Waals surface area (Å²) in [4.78, 5) is 25.8. The van der Waals surface area contributed by atoms with Crippen molar-refractivity contribution in [2.75, 3.05) is 26.3 Å². The molecule has 1 atom stereocenters. The number of benzene rings is 1. The molecule has 0 aromatic heterocycles. The van der Waals surface area contributed by atoms with Crippen molar-refractivity contribution in [3.63, 3.8) is 0 Å². The Morgan fingerprint density at radius 2 is 2.09 bits per heavy atom. The monoisotopic (exact) mass is 305 g/mol. The van der Waals surface area contributed by atoms with Crippen molar-refractivity contribution < 1.29 is 19.1 Å². The Morgan fingerprint density at radius 1 is 1.32 bits per heavy atom. The SMILES string of the molecule is CCOC(=O)[C@H]1CCCN(C(=O)COc2ccccc2C)C1. The van der Waals surface area contributed by atoms with Crippen LogP contribution in [0.15, 0.2) is 24.3 Å². The molecule has 1 amide bonds. The predicted octanol–water partition coefficient (Wildman–Crippen LogP) is 2.18. The van der Waals surface area contributed by atoms with E-state index in [9.17, 15) is 9.59 Å². The highest BCUT2D eigenvalue weighted by Crippen LogP contribution is 2.19. The van der Waals surface area contributed by atoms with Crippen LogP contribution in [0.25, 0.3) is 0 Å². The lowest BCUT2D eigenvalue weighted by atomic mass is 9.98. The highest BCUT2D eigenvalue weighted by molar-refractivity contribution is 5.79. The van der Waals surface area contributed by atoms with Crippen LogP contribution in [0, 0.1) is 12.8 Å². The molecule has 1 aliphatic heterocycles. The maximum atomic E-state index is 12.3. The molecule has 5 heteroatoms. The second-order valence-corrected chi connectivity index (χ2v) is 5.49. The molecule has 0 aliphatic carbocycles. The first kappa shape index (κ1) is 16.3. The van der Waals surface area contributed by atoms with Gasteiger partial charge >= 0.3 is 5.97 Å². The fourth-order valence-corrected chi connectivity index (χ4v) is 2.61. The van der Waals surface area contributed by atoms with Crippen LogP contribution < -0.4 is 4.74 Å². The smallest absolute Gasteiger partial charge is 0.310 e. The number of nitrogens with zero attached hydrogens (tertiary/aromatic N) is 1. The molecule has 1 heterocycles. The minimum Gasteiger partial charge on any atom is -0.484 e. The van der Waals surface area contributed by atoms with Crippen LogP contribution in [-0.2, 0) is 14.3 Å². The van der Waals surface area contributed by atoms with Gasteiger partial charge in [0.25, 0.3) is 5.91 Å². The normalized spacial score (nSPS) is 17.9. The summed E-state index contributed by atoms with van der Waals surface area (Å²) in [5.74, 6) is 0.211. The zero-order valence-electron chi connectivity index (χ0n) is 13.2. The minimum atomic E-state index is -0.212. The molecule has 0 spiro atoms. The van der Waals surface area contributed by atoms with E-state index in [4.69, 9.17) is 9.47 Å². The van der Waals surface area contributed by atoms with Crippen LogP contribution in [0.3, 0.4) is 0 Å². The van der Waals surface area contributed by atoms with Gasteiger partial charge < -0.3 is 14.4 Å². The van der Waals surface area contributed by atoms with Crippen LogP contribution in [0.2, 0.25) is 0 Å². The van der Waals surface area contributed by atoms with Crippen LogP contribution in [-0.4, -0.2) is 43.1 Å². The lowest BCUT2D eigenvalue weighted by molar-refractivity contribution is -0.151. The molecule has 1 aromatic carbocycles. The number of para-hydroxylation sites is 1. The molecular formula is C17H23NO4. The van der Waals surface area contributed by atoms with Crippen molar-refractivity contribution >= 4 is 11.9 Å². The third-order valence-corrected chi connectivity index (χ3v) is 3.84. The highest BCUT2D eigenvalue weighted by atomic mass is 16.5. The van der Waals surface area contributed by atoms with Gasteiger partial charge in [0.05, 0.1) is 12.5 Å². The van der Waals surface area contributed by atoms with E-state index in [1.54, 1.807) is 11.8 Å². The first-order valence-corrected chi connectivity index (χ1v) is 7.74. The number of carbonyl (C=O) groups is 2. The lowest BCUT2D eigenvalue weighted by Crippen LogP contribution is -2.44. The summed E-state index contributed by atoms with van der Waals surface area (Å²) in [6.07, 6.45) is 1.60. The number of esters is 1.